The molecule has 1 aliphatic heterocycles. The summed E-state index contributed by atoms with van der Waals surface area (Å²) in [5.74, 6) is 0. The molecule has 1 aliphatic rings. The molecule has 0 spiro atoms. The summed E-state index contributed by atoms with van der Waals surface area (Å²) < 4.78 is 49.0. The van der Waals surface area contributed by atoms with Gasteiger partial charge in [0.1, 0.15) is 6.04 Å². The van der Waals surface area contributed by atoms with Gasteiger partial charge in [0.15, 0.2) is 6.29 Å². The molecular formula is C14H18F3NO2. The molecule has 0 amide bonds. The van der Waals surface area contributed by atoms with Crippen molar-refractivity contribution in [2.75, 3.05) is 13.2 Å². The molecule has 3 nitrogen and oxygen atoms in total. The Labute approximate surface area is 115 Å². The van der Waals surface area contributed by atoms with Gasteiger partial charge in [0.2, 0.25) is 0 Å². The van der Waals surface area contributed by atoms with Crippen LogP contribution in [0.3, 0.4) is 0 Å². The number of rotatable bonds is 4. The van der Waals surface area contributed by atoms with Crippen LogP contribution in [-0.2, 0) is 15.9 Å². The van der Waals surface area contributed by atoms with E-state index in [1.807, 2.05) is 0 Å². The second kappa shape index (κ2) is 6.56. The maximum atomic E-state index is 12.7. The zero-order chi connectivity index (χ0) is 14.6. The van der Waals surface area contributed by atoms with E-state index in [0.717, 1.165) is 6.42 Å². The van der Waals surface area contributed by atoms with Crippen molar-refractivity contribution in [1.82, 2.24) is 0 Å². The SMILES string of the molecule is N[C@@H](c1ccccc1CCC1OCCCO1)C(F)(F)F. The van der Waals surface area contributed by atoms with Gasteiger partial charge in [-0.3, -0.25) is 0 Å². The highest BCUT2D eigenvalue weighted by atomic mass is 19.4. The molecular weight excluding hydrogens is 271 g/mol. The van der Waals surface area contributed by atoms with Crippen LogP contribution in [0, 0.1) is 0 Å². The fourth-order valence-electron chi connectivity index (χ4n) is 2.22. The maximum absolute atomic E-state index is 12.7. The highest BCUT2D eigenvalue weighted by molar-refractivity contribution is 5.31. The molecule has 0 aliphatic carbocycles. The Morgan fingerprint density at radius 1 is 1.20 bits per heavy atom. The van der Waals surface area contributed by atoms with Crippen molar-refractivity contribution in [3.63, 3.8) is 0 Å². The third kappa shape index (κ3) is 3.94. The summed E-state index contributed by atoms with van der Waals surface area (Å²) in [6.07, 6.45) is -2.94. The molecule has 0 saturated carbocycles. The van der Waals surface area contributed by atoms with Gasteiger partial charge in [0.05, 0.1) is 13.2 Å². The summed E-state index contributed by atoms with van der Waals surface area (Å²) >= 11 is 0. The molecule has 0 aromatic heterocycles. The average Bonchev–Trinajstić information content (AvgIpc) is 2.45. The Bertz CT molecular complexity index is 431. The van der Waals surface area contributed by atoms with Crippen LogP contribution in [0.4, 0.5) is 13.2 Å². The van der Waals surface area contributed by atoms with Crippen molar-refractivity contribution in [1.29, 1.82) is 0 Å². The van der Waals surface area contributed by atoms with E-state index >= 15 is 0 Å². The lowest BCUT2D eigenvalue weighted by Gasteiger charge is -2.24. The van der Waals surface area contributed by atoms with Crippen LogP contribution in [0.25, 0.3) is 0 Å². The zero-order valence-electron chi connectivity index (χ0n) is 11.0. The predicted octanol–water partition coefficient (Wildman–Crippen LogP) is 2.94. The molecule has 1 fully saturated rings. The van der Waals surface area contributed by atoms with E-state index in [4.69, 9.17) is 15.2 Å². The van der Waals surface area contributed by atoms with Gasteiger partial charge in [0, 0.05) is 6.42 Å². The Kier molecular flexibility index (Phi) is 5.01. The quantitative estimate of drug-likeness (QED) is 0.927. The first-order valence-electron chi connectivity index (χ1n) is 6.62. The molecule has 20 heavy (non-hydrogen) atoms. The minimum atomic E-state index is -4.44. The Hall–Kier alpha value is -1.11. The smallest absolute Gasteiger partial charge is 0.353 e. The fourth-order valence-corrected chi connectivity index (χ4v) is 2.22. The molecule has 1 saturated heterocycles. The second-order valence-corrected chi connectivity index (χ2v) is 4.78. The second-order valence-electron chi connectivity index (χ2n) is 4.78. The molecule has 2 N–H and O–H groups in total. The van der Waals surface area contributed by atoms with Crippen LogP contribution < -0.4 is 5.73 Å². The third-order valence-corrected chi connectivity index (χ3v) is 3.29. The van der Waals surface area contributed by atoms with Crippen LogP contribution in [0.5, 0.6) is 0 Å². The van der Waals surface area contributed by atoms with E-state index < -0.39 is 12.2 Å². The number of aryl methyl sites for hydroxylation is 1. The van der Waals surface area contributed by atoms with Crippen LogP contribution in [0.15, 0.2) is 24.3 Å². The number of ether oxygens (including phenoxy) is 2. The summed E-state index contributed by atoms with van der Waals surface area (Å²) in [4.78, 5) is 0. The molecule has 1 aromatic rings. The summed E-state index contributed by atoms with van der Waals surface area (Å²) in [5, 5.41) is 0. The van der Waals surface area contributed by atoms with Crippen molar-refractivity contribution in [2.24, 2.45) is 5.73 Å². The first kappa shape index (κ1) is 15.3. The topological polar surface area (TPSA) is 44.5 Å². The Morgan fingerprint density at radius 3 is 2.50 bits per heavy atom. The minimum absolute atomic E-state index is 0.121. The van der Waals surface area contributed by atoms with Crippen LogP contribution in [-0.4, -0.2) is 25.7 Å². The lowest BCUT2D eigenvalue weighted by atomic mass is 9.97. The summed E-state index contributed by atoms with van der Waals surface area (Å²) in [6.45, 7) is 1.27. The van der Waals surface area contributed by atoms with Crippen molar-refractivity contribution in [2.45, 2.75) is 37.8 Å². The molecule has 0 radical (unpaired) electrons. The van der Waals surface area contributed by atoms with Gasteiger partial charge in [-0.25, -0.2) is 0 Å². The maximum Gasteiger partial charge on any atom is 0.407 e. The number of benzene rings is 1. The van der Waals surface area contributed by atoms with Gasteiger partial charge in [-0.1, -0.05) is 24.3 Å². The largest absolute Gasteiger partial charge is 0.407 e. The van der Waals surface area contributed by atoms with Crippen molar-refractivity contribution in [3.05, 3.63) is 35.4 Å². The van der Waals surface area contributed by atoms with Crippen LogP contribution in [0.1, 0.15) is 30.0 Å². The molecule has 1 atom stereocenters. The Morgan fingerprint density at radius 2 is 1.85 bits per heavy atom. The van der Waals surface area contributed by atoms with Crippen LogP contribution in [0.2, 0.25) is 0 Å². The normalized spacial score (nSPS) is 19.0. The number of halogens is 3. The number of hydrogen-bond acceptors (Lipinski definition) is 3. The first-order chi connectivity index (χ1) is 9.48. The van der Waals surface area contributed by atoms with Crippen molar-refractivity contribution < 1.29 is 22.6 Å². The molecule has 1 aromatic carbocycles. The van der Waals surface area contributed by atoms with E-state index in [1.165, 1.54) is 6.07 Å². The van der Waals surface area contributed by atoms with Gasteiger partial charge >= 0.3 is 6.18 Å². The van der Waals surface area contributed by atoms with Gasteiger partial charge in [-0.15, -0.1) is 0 Å². The standard InChI is InChI=1S/C14H18F3NO2/c15-14(16,17)13(18)11-5-2-1-4-10(11)6-7-12-19-8-3-9-20-12/h1-2,4-5,12-13H,3,6-9,18H2/t13-/m0/s1. The van der Waals surface area contributed by atoms with Gasteiger partial charge < -0.3 is 15.2 Å². The molecule has 1 heterocycles. The summed E-state index contributed by atoms with van der Waals surface area (Å²) in [6, 6.07) is 4.43. The van der Waals surface area contributed by atoms with E-state index in [1.54, 1.807) is 18.2 Å². The molecule has 0 unspecified atom stereocenters. The lowest BCUT2D eigenvalue weighted by molar-refractivity contribution is -0.180. The molecule has 0 bridgehead atoms. The number of alkyl halides is 3. The van der Waals surface area contributed by atoms with Gasteiger partial charge in [-0.05, 0) is 24.0 Å². The van der Waals surface area contributed by atoms with Crippen LogP contribution >= 0.6 is 0 Å². The highest BCUT2D eigenvalue weighted by Gasteiger charge is 2.38. The lowest BCUT2D eigenvalue weighted by Crippen LogP contribution is -2.30. The van der Waals surface area contributed by atoms with Crippen molar-refractivity contribution >= 4 is 0 Å². The molecule has 6 heteroatoms. The summed E-state index contributed by atoms with van der Waals surface area (Å²) in [7, 11) is 0. The van der Waals surface area contributed by atoms with Gasteiger partial charge in [-0.2, -0.15) is 13.2 Å². The minimum Gasteiger partial charge on any atom is -0.353 e. The predicted molar refractivity (Wildman–Crippen MR) is 68.1 cm³/mol. The fraction of sp³-hybridized carbons (Fsp3) is 0.571. The Balaban J connectivity index is 2.04. The number of nitrogens with two attached hydrogens (primary N) is 1. The zero-order valence-corrected chi connectivity index (χ0v) is 11.0. The first-order valence-corrected chi connectivity index (χ1v) is 6.62. The number of hydrogen-bond donors (Lipinski definition) is 1. The highest BCUT2D eigenvalue weighted by Crippen LogP contribution is 2.32. The monoisotopic (exact) mass is 289 g/mol. The third-order valence-electron chi connectivity index (χ3n) is 3.29. The van der Waals surface area contributed by atoms with Gasteiger partial charge in [0.25, 0.3) is 0 Å². The van der Waals surface area contributed by atoms with E-state index in [0.29, 0.717) is 31.6 Å². The summed E-state index contributed by atoms with van der Waals surface area (Å²) in [5.41, 5.74) is 6.01. The van der Waals surface area contributed by atoms with E-state index in [-0.39, 0.29) is 11.9 Å². The molecule has 2 rings (SSSR count). The molecule has 112 valence electrons. The van der Waals surface area contributed by atoms with Crippen molar-refractivity contribution in [3.8, 4) is 0 Å². The average molecular weight is 289 g/mol. The van der Waals surface area contributed by atoms with E-state index in [2.05, 4.69) is 0 Å². The van der Waals surface area contributed by atoms with E-state index in [9.17, 15) is 13.2 Å².